The maximum absolute atomic E-state index is 12.6. The highest BCUT2D eigenvalue weighted by Gasteiger charge is 2.29. The minimum Gasteiger partial charge on any atom is -0.468 e. The summed E-state index contributed by atoms with van der Waals surface area (Å²) < 4.78 is 31.6. The summed E-state index contributed by atoms with van der Waals surface area (Å²) in [7, 11) is -2.69. The van der Waals surface area contributed by atoms with Crippen molar-refractivity contribution in [2.45, 2.75) is 11.8 Å². The highest BCUT2D eigenvalue weighted by Crippen LogP contribution is 2.33. The first kappa shape index (κ1) is 17.4. The van der Waals surface area contributed by atoms with E-state index in [2.05, 4.69) is 36.6 Å². The molecule has 0 fully saturated rings. The first-order valence-electron chi connectivity index (χ1n) is 5.55. The molecule has 0 heterocycles. The molecule has 0 aliphatic carbocycles. The summed E-state index contributed by atoms with van der Waals surface area (Å²) >= 11 is 6.41. The Hall–Kier alpha value is -0.640. The van der Waals surface area contributed by atoms with E-state index >= 15 is 0 Å². The maximum atomic E-state index is 12.6. The van der Waals surface area contributed by atoms with Gasteiger partial charge in [-0.25, -0.2) is 8.42 Å². The second-order valence-electron chi connectivity index (χ2n) is 3.81. The molecule has 0 saturated carbocycles. The summed E-state index contributed by atoms with van der Waals surface area (Å²) in [4.78, 5) is 11.2. The largest absolute Gasteiger partial charge is 0.468 e. The fraction of sp³-hybridized carbons (Fsp3) is 0.364. The molecule has 1 rings (SSSR count). The van der Waals surface area contributed by atoms with E-state index in [4.69, 9.17) is 5.73 Å². The molecule has 1 aromatic carbocycles. The lowest BCUT2D eigenvalue weighted by Gasteiger charge is -2.21. The average Bonchev–Trinajstić information content (AvgIpc) is 2.33. The molecule has 0 aliphatic rings. The van der Waals surface area contributed by atoms with E-state index in [1.807, 2.05) is 0 Å². The third-order valence-corrected chi connectivity index (χ3v) is 5.91. The Morgan fingerprint density at radius 2 is 2.00 bits per heavy atom. The number of sulfonamides is 1. The molecule has 0 saturated heterocycles. The van der Waals surface area contributed by atoms with Crippen LogP contribution in [-0.2, 0) is 19.6 Å². The molecule has 0 bridgehead atoms. The van der Waals surface area contributed by atoms with Crippen molar-refractivity contribution in [3.63, 3.8) is 0 Å². The molecule has 0 spiro atoms. The van der Waals surface area contributed by atoms with E-state index in [1.54, 1.807) is 13.0 Å². The SMILES string of the molecule is CCN(CC(=O)OC)S(=O)(=O)c1c(N)cc(Br)cc1Br. The van der Waals surface area contributed by atoms with E-state index in [0.29, 0.717) is 8.95 Å². The Labute approximate surface area is 134 Å². The van der Waals surface area contributed by atoms with Gasteiger partial charge in [-0.3, -0.25) is 4.79 Å². The quantitative estimate of drug-likeness (QED) is 0.570. The van der Waals surface area contributed by atoms with Gasteiger partial charge in [0, 0.05) is 15.5 Å². The first-order valence-corrected chi connectivity index (χ1v) is 8.58. The number of hydrogen-bond donors (Lipinski definition) is 1. The minimum atomic E-state index is -3.89. The van der Waals surface area contributed by atoms with Crippen LogP contribution in [0.1, 0.15) is 6.92 Å². The molecular weight excluding hydrogens is 416 g/mol. The topological polar surface area (TPSA) is 89.7 Å². The lowest BCUT2D eigenvalue weighted by atomic mass is 10.3. The lowest BCUT2D eigenvalue weighted by molar-refractivity contribution is -0.140. The molecule has 0 aromatic heterocycles. The molecule has 0 unspecified atom stereocenters. The fourth-order valence-electron chi connectivity index (χ4n) is 1.56. The smallest absolute Gasteiger partial charge is 0.321 e. The predicted octanol–water partition coefficient (Wildman–Crippen LogP) is 1.98. The molecule has 2 N–H and O–H groups in total. The summed E-state index contributed by atoms with van der Waals surface area (Å²) in [6, 6.07) is 3.07. The van der Waals surface area contributed by atoms with E-state index in [9.17, 15) is 13.2 Å². The van der Waals surface area contributed by atoms with Crippen molar-refractivity contribution in [3.8, 4) is 0 Å². The zero-order valence-electron chi connectivity index (χ0n) is 10.9. The van der Waals surface area contributed by atoms with E-state index in [1.165, 1.54) is 13.2 Å². The molecule has 0 radical (unpaired) electrons. The number of esters is 1. The van der Waals surface area contributed by atoms with Crippen LogP contribution in [-0.4, -0.2) is 38.9 Å². The normalized spacial score (nSPS) is 11.7. The summed E-state index contributed by atoms with van der Waals surface area (Å²) in [6.07, 6.45) is 0. The van der Waals surface area contributed by atoms with Crippen LogP contribution < -0.4 is 5.73 Å². The van der Waals surface area contributed by atoms with Crippen molar-refractivity contribution in [3.05, 3.63) is 21.1 Å². The van der Waals surface area contributed by atoms with Gasteiger partial charge in [0.05, 0.1) is 12.8 Å². The first-order chi connectivity index (χ1) is 9.23. The van der Waals surface area contributed by atoms with Gasteiger partial charge in [0.15, 0.2) is 0 Å². The van der Waals surface area contributed by atoms with Gasteiger partial charge in [-0.1, -0.05) is 22.9 Å². The van der Waals surface area contributed by atoms with Crippen LogP contribution in [0.3, 0.4) is 0 Å². The second kappa shape index (κ2) is 6.88. The zero-order valence-corrected chi connectivity index (χ0v) is 14.9. The number of anilines is 1. The number of nitrogen functional groups attached to an aromatic ring is 1. The van der Waals surface area contributed by atoms with Gasteiger partial charge in [-0.05, 0) is 28.1 Å². The van der Waals surface area contributed by atoms with Gasteiger partial charge in [-0.15, -0.1) is 0 Å². The van der Waals surface area contributed by atoms with Gasteiger partial charge in [0.25, 0.3) is 0 Å². The Morgan fingerprint density at radius 1 is 1.40 bits per heavy atom. The van der Waals surface area contributed by atoms with Gasteiger partial charge < -0.3 is 10.5 Å². The predicted molar refractivity (Wildman–Crippen MR) is 82.7 cm³/mol. The molecular formula is C11H14Br2N2O4S. The van der Waals surface area contributed by atoms with Crippen molar-refractivity contribution in [2.24, 2.45) is 0 Å². The molecule has 6 nitrogen and oxygen atoms in total. The third-order valence-electron chi connectivity index (χ3n) is 2.52. The monoisotopic (exact) mass is 428 g/mol. The highest BCUT2D eigenvalue weighted by atomic mass is 79.9. The van der Waals surface area contributed by atoms with Crippen LogP contribution in [0.25, 0.3) is 0 Å². The Bertz CT molecular complexity index is 596. The standard InChI is InChI=1S/C11H14Br2N2O4S/c1-3-15(6-10(16)19-2)20(17,18)11-8(13)4-7(12)5-9(11)14/h4-5H,3,6,14H2,1-2H3. The number of nitrogens with zero attached hydrogens (tertiary/aromatic N) is 1. The summed E-state index contributed by atoms with van der Waals surface area (Å²) in [5.74, 6) is -0.637. The lowest BCUT2D eigenvalue weighted by Crippen LogP contribution is -2.36. The number of methoxy groups -OCH3 is 1. The van der Waals surface area contributed by atoms with E-state index in [-0.39, 0.29) is 23.7 Å². The number of ether oxygens (including phenoxy) is 1. The summed E-state index contributed by atoms with van der Waals surface area (Å²) in [5.41, 5.74) is 5.87. The zero-order chi connectivity index (χ0) is 15.5. The number of nitrogens with two attached hydrogens (primary N) is 1. The maximum Gasteiger partial charge on any atom is 0.321 e. The molecule has 20 heavy (non-hydrogen) atoms. The van der Waals surface area contributed by atoms with E-state index < -0.39 is 16.0 Å². The van der Waals surface area contributed by atoms with Crippen LogP contribution >= 0.6 is 31.9 Å². The highest BCUT2D eigenvalue weighted by molar-refractivity contribution is 9.11. The van der Waals surface area contributed by atoms with Crippen molar-refractivity contribution in [1.82, 2.24) is 4.31 Å². The van der Waals surface area contributed by atoms with Crippen LogP contribution in [0.2, 0.25) is 0 Å². The van der Waals surface area contributed by atoms with Gasteiger partial charge in [-0.2, -0.15) is 4.31 Å². The number of rotatable bonds is 5. The number of likely N-dealkylation sites (N-methyl/N-ethyl adjacent to an activating group) is 1. The molecule has 1 aromatic rings. The second-order valence-corrected chi connectivity index (χ2v) is 7.46. The van der Waals surface area contributed by atoms with Crippen LogP contribution in [0.5, 0.6) is 0 Å². The number of carbonyl (C=O) groups excluding carboxylic acids is 1. The number of benzene rings is 1. The summed E-state index contributed by atoms with van der Waals surface area (Å²) in [6.45, 7) is 1.39. The average molecular weight is 430 g/mol. The minimum absolute atomic E-state index is 0.0635. The van der Waals surface area contributed by atoms with Crippen LogP contribution in [0.4, 0.5) is 5.69 Å². The van der Waals surface area contributed by atoms with E-state index in [0.717, 1.165) is 4.31 Å². The molecule has 0 atom stereocenters. The van der Waals surface area contributed by atoms with Crippen molar-refractivity contribution in [1.29, 1.82) is 0 Å². The fourth-order valence-corrected chi connectivity index (χ4v) is 4.96. The Balaban J connectivity index is 3.31. The molecule has 9 heteroatoms. The number of carbonyl (C=O) groups is 1. The molecule has 0 aliphatic heterocycles. The Kier molecular flexibility index (Phi) is 5.99. The molecule has 112 valence electrons. The van der Waals surface area contributed by atoms with Gasteiger partial charge in [0.2, 0.25) is 10.0 Å². The van der Waals surface area contributed by atoms with Crippen molar-refractivity contribution < 1.29 is 17.9 Å². The van der Waals surface area contributed by atoms with Crippen LogP contribution in [0, 0.1) is 0 Å². The number of hydrogen-bond acceptors (Lipinski definition) is 5. The Morgan fingerprint density at radius 3 is 2.45 bits per heavy atom. The van der Waals surface area contributed by atoms with Crippen molar-refractivity contribution in [2.75, 3.05) is 25.9 Å². The van der Waals surface area contributed by atoms with Crippen molar-refractivity contribution >= 4 is 53.5 Å². The number of halogens is 2. The molecule has 0 amide bonds. The summed E-state index contributed by atoms with van der Waals surface area (Å²) in [5, 5.41) is 0. The van der Waals surface area contributed by atoms with Gasteiger partial charge >= 0.3 is 5.97 Å². The van der Waals surface area contributed by atoms with Crippen LogP contribution in [0.15, 0.2) is 26.0 Å². The third kappa shape index (κ3) is 3.72. The van der Waals surface area contributed by atoms with Gasteiger partial charge in [0.1, 0.15) is 11.4 Å².